The van der Waals surface area contributed by atoms with Gasteiger partial charge in [-0.2, -0.15) is 10.3 Å². The molecule has 32 heavy (non-hydrogen) atoms. The maximum absolute atomic E-state index is 13.2. The Morgan fingerprint density at radius 2 is 1.91 bits per heavy atom. The summed E-state index contributed by atoms with van der Waals surface area (Å²) in [4.78, 5) is 34.7. The second-order valence-electron chi connectivity index (χ2n) is 7.04. The number of aromatic nitrogens is 3. The summed E-state index contributed by atoms with van der Waals surface area (Å²) >= 11 is 0. The van der Waals surface area contributed by atoms with Gasteiger partial charge in [-0.05, 0) is 35.9 Å². The quantitative estimate of drug-likeness (QED) is 0.417. The average Bonchev–Trinajstić information content (AvgIpc) is 3.37. The number of nitrogens with zero attached hydrogens (tertiary/aromatic N) is 5. The Morgan fingerprint density at radius 1 is 1.09 bits per heavy atom. The van der Waals surface area contributed by atoms with Crippen molar-refractivity contribution in [3.63, 3.8) is 0 Å². The molecule has 0 saturated carbocycles. The molecule has 0 fully saturated rings. The zero-order valence-electron chi connectivity index (χ0n) is 16.7. The van der Waals surface area contributed by atoms with Crippen molar-refractivity contribution in [3.05, 3.63) is 112 Å². The molecule has 0 aliphatic rings. The molecule has 0 aliphatic heterocycles. The standard InChI is InChI=1S/C24H15N5O3/c25-14-17-13-18-22(26-20-10-4-5-11-28(20)24(18)31)29(15-16-7-2-1-3-8-16)21(17)27-23(30)19-9-6-12-32-19/h1-13H,15H2. The van der Waals surface area contributed by atoms with Crippen LogP contribution >= 0.6 is 0 Å². The van der Waals surface area contributed by atoms with Crippen LogP contribution in [0, 0.1) is 11.3 Å². The van der Waals surface area contributed by atoms with E-state index in [0.29, 0.717) is 11.3 Å². The monoisotopic (exact) mass is 421 g/mol. The van der Waals surface area contributed by atoms with Crippen LogP contribution in [-0.4, -0.2) is 19.9 Å². The van der Waals surface area contributed by atoms with Crippen LogP contribution in [0.1, 0.15) is 21.7 Å². The van der Waals surface area contributed by atoms with E-state index in [9.17, 15) is 14.9 Å². The molecule has 4 aromatic heterocycles. The van der Waals surface area contributed by atoms with Crippen LogP contribution in [0.15, 0.2) is 93.4 Å². The van der Waals surface area contributed by atoms with Gasteiger partial charge in [0.15, 0.2) is 11.2 Å². The number of pyridine rings is 2. The third-order valence-electron chi connectivity index (χ3n) is 5.03. The molecule has 8 heteroatoms. The molecule has 0 N–H and O–H groups in total. The highest BCUT2D eigenvalue weighted by Gasteiger charge is 2.16. The molecule has 1 aromatic carbocycles. The van der Waals surface area contributed by atoms with Gasteiger partial charge in [-0.3, -0.25) is 14.0 Å². The van der Waals surface area contributed by atoms with Crippen LogP contribution in [0.3, 0.4) is 0 Å². The van der Waals surface area contributed by atoms with Crippen molar-refractivity contribution in [1.29, 1.82) is 5.26 Å². The van der Waals surface area contributed by atoms with Gasteiger partial charge in [0.05, 0.1) is 23.8 Å². The summed E-state index contributed by atoms with van der Waals surface area (Å²) in [6.07, 6.45) is 3.00. The smallest absolute Gasteiger partial charge is 0.314 e. The number of hydrogen-bond acceptors (Lipinski definition) is 5. The summed E-state index contributed by atoms with van der Waals surface area (Å²) in [6.45, 7) is 0.257. The fourth-order valence-electron chi connectivity index (χ4n) is 3.55. The van der Waals surface area contributed by atoms with Crippen molar-refractivity contribution in [2.75, 3.05) is 0 Å². The number of fused-ring (bicyclic) bond motifs is 2. The lowest BCUT2D eigenvalue weighted by molar-refractivity contribution is 0.0970. The molecule has 0 aliphatic carbocycles. The first-order chi connectivity index (χ1) is 15.7. The van der Waals surface area contributed by atoms with Crippen molar-refractivity contribution in [1.82, 2.24) is 14.0 Å². The minimum absolute atomic E-state index is 0.0480. The van der Waals surface area contributed by atoms with Gasteiger partial charge in [-0.1, -0.05) is 36.4 Å². The zero-order valence-corrected chi connectivity index (χ0v) is 16.7. The number of hydrogen-bond donors (Lipinski definition) is 0. The molecule has 8 nitrogen and oxygen atoms in total. The van der Waals surface area contributed by atoms with Gasteiger partial charge in [0.1, 0.15) is 17.4 Å². The van der Waals surface area contributed by atoms with Gasteiger partial charge >= 0.3 is 5.91 Å². The maximum atomic E-state index is 13.2. The molecule has 1 amide bonds. The molecule has 0 atom stereocenters. The molecule has 0 saturated heterocycles. The largest absolute Gasteiger partial charge is 0.459 e. The predicted molar refractivity (Wildman–Crippen MR) is 116 cm³/mol. The van der Waals surface area contributed by atoms with E-state index in [-0.39, 0.29) is 34.3 Å². The lowest BCUT2D eigenvalue weighted by atomic mass is 10.2. The van der Waals surface area contributed by atoms with Crippen LogP contribution in [0.5, 0.6) is 0 Å². The van der Waals surface area contributed by atoms with Crippen LogP contribution in [0.4, 0.5) is 0 Å². The highest BCUT2D eigenvalue weighted by atomic mass is 16.3. The fourth-order valence-corrected chi connectivity index (χ4v) is 3.55. The van der Waals surface area contributed by atoms with E-state index >= 15 is 0 Å². The molecular formula is C24H15N5O3. The van der Waals surface area contributed by atoms with Crippen LogP contribution in [0.2, 0.25) is 0 Å². The number of carbonyl (C=O) groups excluding carboxylic acids is 1. The number of benzene rings is 1. The van der Waals surface area contributed by atoms with Crippen molar-refractivity contribution in [2.24, 2.45) is 4.99 Å². The van der Waals surface area contributed by atoms with E-state index in [1.54, 1.807) is 35.0 Å². The van der Waals surface area contributed by atoms with Crippen LogP contribution in [-0.2, 0) is 6.54 Å². The van der Waals surface area contributed by atoms with Crippen molar-refractivity contribution >= 4 is 22.6 Å². The first-order valence-corrected chi connectivity index (χ1v) is 9.77. The molecule has 0 unspecified atom stereocenters. The third kappa shape index (κ3) is 3.28. The molecule has 0 bridgehead atoms. The van der Waals surface area contributed by atoms with Gasteiger partial charge in [0.25, 0.3) is 5.56 Å². The zero-order chi connectivity index (χ0) is 22.1. The molecule has 154 valence electrons. The molecule has 4 heterocycles. The van der Waals surface area contributed by atoms with Gasteiger partial charge in [-0.25, -0.2) is 4.98 Å². The Bertz CT molecular complexity index is 1640. The van der Waals surface area contributed by atoms with E-state index < -0.39 is 5.91 Å². The number of nitriles is 1. The summed E-state index contributed by atoms with van der Waals surface area (Å²) < 4.78 is 8.20. The average molecular weight is 421 g/mol. The number of furan rings is 1. The van der Waals surface area contributed by atoms with E-state index in [1.165, 1.54) is 22.8 Å². The second-order valence-corrected chi connectivity index (χ2v) is 7.04. The normalized spacial score (nSPS) is 11.7. The Morgan fingerprint density at radius 3 is 2.66 bits per heavy atom. The van der Waals surface area contributed by atoms with Crippen LogP contribution in [0.25, 0.3) is 16.7 Å². The van der Waals surface area contributed by atoms with Crippen molar-refractivity contribution in [2.45, 2.75) is 6.54 Å². The first kappa shape index (κ1) is 19.2. The molecule has 5 rings (SSSR count). The minimum Gasteiger partial charge on any atom is -0.459 e. The van der Waals surface area contributed by atoms with Crippen LogP contribution < -0.4 is 11.0 Å². The lowest BCUT2D eigenvalue weighted by Gasteiger charge is -2.13. The van der Waals surface area contributed by atoms with Crippen molar-refractivity contribution < 1.29 is 9.21 Å². The van der Waals surface area contributed by atoms with Gasteiger partial charge in [0.2, 0.25) is 0 Å². The summed E-state index contributed by atoms with van der Waals surface area (Å²) in [5, 5.41) is 10.1. The summed E-state index contributed by atoms with van der Waals surface area (Å²) in [5.74, 6) is -0.586. The number of carbonyl (C=O) groups is 1. The number of amides is 1. The predicted octanol–water partition coefficient (Wildman–Crippen LogP) is 2.90. The Hall–Kier alpha value is -4.77. The van der Waals surface area contributed by atoms with E-state index in [4.69, 9.17) is 4.42 Å². The van der Waals surface area contributed by atoms with E-state index in [1.807, 2.05) is 30.3 Å². The Labute approximate surface area is 181 Å². The summed E-state index contributed by atoms with van der Waals surface area (Å²) in [5.41, 5.74) is 1.55. The minimum atomic E-state index is -0.634. The van der Waals surface area contributed by atoms with Gasteiger partial charge in [-0.15, -0.1) is 0 Å². The molecular weight excluding hydrogens is 406 g/mol. The third-order valence-corrected chi connectivity index (χ3v) is 5.03. The summed E-state index contributed by atoms with van der Waals surface area (Å²) in [7, 11) is 0. The van der Waals surface area contributed by atoms with E-state index in [0.717, 1.165) is 5.56 Å². The number of rotatable bonds is 3. The lowest BCUT2D eigenvalue weighted by Crippen LogP contribution is -2.30. The molecule has 0 spiro atoms. The topological polar surface area (TPSA) is 106 Å². The molecule has 5 aromatic rings. The highest BCUT2D eigenvalue weighted by molar-refractivity contribution is 5.92. The first-order valence-electron chi connectivity index (χ1n) is 9.77. The van der Waals surface area contributed by atoms with Crippen molar-refractivity contribution in [3.8, 4) is 6.07 Å². The second kappa shape index (κ2) is 7.81. The SMILES string of the molecule is N#Cc1cc2c(=O)n3ccccc3nc2n(Cc2ccccc2)c1=NC(=O)c1ccco1. The van der Waals surface area contributed by atoms with Gasteiger partial charge in [0, 0.05) is 6.20 Å². The maximum Gasteiger partial charge on any atom is 0.314 e. The van der Waals surface area contributed by atoms with E-state index in [2.05, 4.69) is 16.0 Å². The molecule has 0 radical (unpaired) electrons. The Kier molecular flexibility index (Phi) is 4.69. The fraction of sp³-hybridized carbons (Fsp3) is 0.0417. The Balaban J connectivity index is 1.90. The highest BCUT2D eigenvalue weighted by Crippen LogP contribution is 2.13. The summed E-state index contributed by atoms with van der Waals surface area (Å²) in [6, 6.07) is 21.3. The van der Waals surface area contributed by atoms with Gasteiger partial charge < -0.3 is 8.98 Å².